The van der Waals surface area contributed by atoms with Crippen molar-refractivity contribution in [3.05, 3.63) is 138 Å². The first-order chi connectivity index (χ1) is 20.6. The van der Waals surface area contributed by atoms with Crippen LogP contribution in [0.25, 0.3) is 70.9 Å². The van der Waals surface area contributed by atoms with Crippen LogP contribution in [-0.4, -0.2) is 4.57 Å². The van der Waals surface area contributed by atoms with Crippen LogP contribution in [0.15, 0.2) is 121 Å². The predicted molar refractivity (Wildman–Crippen MR) is 176 cm³/mol. The van der Waals surface area contributed by atoms with Gasteiger partial charge >= 0.3 is 0 Å². The summed E-state index contributed by atoms with van der Waals surface area (Å²) in [4.78, 5) is 0. The van der Waals surface area contributed by atoms with Crippen molar-refractivity contribution >= 4 is 54.1 Å². The lowest BCUT2D eigenvalue weighted by atomic mass is 9.82. The SMILES string of the molecule is CC1(C)c2ccccc2-c2cc3c4ccccc4n(-c4cc(C#N)c5c6ccccc6c6ccccc6c5c4)c3cc21. The van der Waals surface area contributed by atoms with Gasteiger partial charge < -0.3 is 4.57 Å². The first-order valence-electron chi connectivity index (χ1n) is 14.5. The van der Waals surface area contributed by atoms with Gasteiger partial charge in [0, 0.05) is 27.3 Å². The average molecular weight is 535 g/mol. The Morgan fingerprint density at radius 2 is 1.14 bits per heavy atom. The number of nitrogens with zero attached hydrogens (tertiary/aromatic N) is 2. The molecule has 1 aliphatic rings. The van der Waals surface area contributed by atoms with E-state index in [1.807, 2.05) is 0 Å². The minimum atomic E-state index is -0.0995. The standard InChI is InChI=1S/C40H26N2/c1-40(2)35-17-9-7-14-29(35)32-21-33-30-15-8-10-18-37(30)42(38(33)22-36(32)40)25-19-24(23-41)39-31-16-6-5-12-27(31)26-11-3-4-13-28(26)34(39)20-25/h3-22H,1-2H3. The molecule has 1 aliphatic carbocycles. The second-order valence-electron chi connectivity index (χ2n) is 12.1. The van der Waals surface area contributed by atoms with E-state index in [0.717, 1.165) is 27.4 Å². The molecule has 0 atom stereocenters. The van der Waals surface area contributed by atoms with E-state index >= 15 is 0 Å². The average Bonchev–Trinajstić information content (AvgIpc) is 3.48. The van der Waals surface area contributed by atoms with Gasteiger partial charge in [0.05, 0.1) is 22.7 Å². The highest BCUT2D eigenvalue weighted by Crippen LogP contribution is 2.51. The van der Waals surface area contributed by atoms with Crippen molar-refractivity contribution in [3.63, 3.8) is 0 Å². The zero-order valence-electron chi connectivity index (χ0n) is 23.4. The molecule has 1 aromatic heterocycles. The van der Waals surface area contributed by atoms with Gasteiger partial charge in [-0.15, -0.1) is 0 Å². The van der Waals surface area contributed by atoms with Crippen molar-refractivity contribution in [1.82, 2.24) is 4.57 Å². The largest absolute Gasteiger partial charge is 0.309 e. The van der Waals surface area contributed by atoms with Gasteiger partial charge in [-0.05, 0) is 79.5 Å². The maximum absolute atomic E-state index is 10.6. The van der Waals surface area contributed by atoms with Crippen LogP contribution in [-0.2, 0) is 5.41 Å². The van der Waals surface area contributed by atoms with Gasteiger partial charge in [-0.2, -0.15) is 5.26 Å². The summed E-state index contributed by atoms with van der Waals surface area (Å²) in [6, 6.07) is 46.3. The van der Waals surface area contributed by atoms with E-state index in [4.69, 9.17) is 0 Å². The smallest absolute Gasteiger partial charge is 0.0999 e. The number of fused-ring (bicyclic) bond motifs is 12. The molecule has 2 heteroatoms. The molecule has 7 aromatic carbocycles. The van der Waals surface area contributed by atoms with E-state index in [0.29, 0.717) is 5.56 Å². The molecule has 0 saturated carbocycles. The molecular formula is C40H26N2. The quantitative estimate of drug-likeness (QED) is 0.193. The Labute approximate surface area is 243 Å². The predicted octanol–water partition coefficient (Wildman–Crippen LogP) is 10.4. The van der Waals surface area contributed by atoms with Gasteiger partial charge in [-0.3, -0.25) is 0 Å². The van der Waals surface area contributed by atoms with Crippen molar-refractivity contribution < 1.29 is 0 Å². The molecule has 0 amide bonds. The topological polar surface area (TPSA) is 28.7 Å². The summed E-state index contributed by atoms with van der Waals surface area (Å²) in [5.74, 6) is 0. The van der Waals surface area contributed by atoms with Crippen LogP contribution in [0.1, 0.15) is 30.5 Å². The van der Waals surface area contributed by atoms with E-state index < -0.39 is 0 Å². The zero-order chi connectivity index (χ0) is 28.2. The Morgan fingerprint density at radius 3 is 1.90 bits per heavy atom. The summed E-state index contributed by atoms with van der Waals surface area (Å²) in [7, 11) is 0. The molecule has 196 valence electrons. The second kappa shape index (κ2) is 8.09. The number of para-hydroxylation sites is 1. The highest BCUT2D eigenvalue weighted by Gasteiger charge is 2.36. The second-order valence-corrected chi connectivity index (χ2v) is 12.1. The van der Waals surface area contributed by atoms with E-state index in [9.17, 15) is 5.26 Å². The third kappa shape index (κ3) is 2.88. The highest BCUT2D eigenvalue weighted by atomic mass is 15.0. The lowest BCUT2D eigenvalue weighted by molar-refractivity contribution is 0.661. The third-order valence-corrected chi connectivity index (χ3v) is 9.58. The molecule has 42 heavy (non-hydrogen) atoms. The van der Waals surface area contributed by atoms with Crippen LogP contribution in [0, 0.1) is 11.3 Å². The van der Waals surface area contributed by atoms with Crippen LogP contribution in [0.2, 0.25) is 0 Å². The minimum Gasteiger partial charge on any atom is -0.309 e. The van der Waals surface area contributed by atoms with Gasteiger partial charge in [-0.1, -0.05) is 105 Å². The molecule has 9 rings (SSSR count). The summed E-state index contributed by atoms with van der Waals surface area (Å²) in [6.45, 7) is 4.66. The van der Waals surface area contributed by atoms with Crippen molar-refractivity contribution in [3.8, 4) is 22.9 Å². The number of nitriles is 1. The number of rotatable bonds is 1. The fourth-order valence-corrected chi connectivity index (χ4v) is 7.68. The molecule has 0 N–H and O–H groups in total. The monoisotopic (exact) mass is 534 g/mol. The first-order valence-corrected chi connectivity index (χ1v) is 14.5. The number of hydrogen-bond acceptors (Lipinski definition) is 1. The molecule has 0 bridgehead atoms. The van der Waals surface area contributed by atoms with E-state index in [1.165, 1.54) is 54.7 Å². The zero-order valence-corrected chi connectivity index (χ0v) is 23.4. The first kappa shape index (κ1) is 23.3. The minimum absolute atomic E-state index is 0.0995. The molecule has 0 unspecified atom stereocenters. The van der Waals surface area contributed by atoms with Crippen molar-refractivity contribution in [2.75, 3.05) is 0 Å². The Bertz CT molecular complexity index is 2500. The van der Waals surface area contributed by atoms with Gasteiger partial charge in [0.15, 0.2) is 0 Å². The number of benzene rings is 7. The summed E-state index contributed by atoms with van der Waals surface area (Å²) < 4.78 is 2.37. The lowest BCUT2D eigenvalue weighted by Crippen LogP contribution is -2.15. The molecule has 1 heterocycles. The van der Waals surface area contributed by atoms with Crippen molar-refractivity contribution in [2.45, 2.75) is 19.3 Å². The Hall–Kier alpha value is -5.39. The molecule has 0 aliphatic heterocycles. The van der Waals surface area contributed by atoms with Crippen LogP contribution >= 0.6 is 0 Å². The summed E-state index contributed by atoms with van der Waals surface area (Å²) in [5, 5.41) is 19.8. The van der Waals surface area contributed by atoms with E-state index in [2.05, 4.69) is 146 Å². The number of hydrogen-bond donors (Lipinski definition) is 0. The third-order valence-electron chi connectivity index (χ3n) is 9.58. The summed E-state index contributed by atoms with van der Waals surface area (Å²) in [5.41, 5.74) is 9.30. The normalized spacial score (nSPS) is 13.6. The van der Waals surface area contributed by atoms with Crippen LogP contribution in [0.5, 0.6) is 0 Å². The number of aromatic nitrogens is 1. The van der Waals surface area contributed by atoms with Gasteiger partial charge in [0.25, 0.3) is 0 Å². The summed E-state index contributed by atoms with van der Waals surface area (Å²) >= 11 is 0. The van der Waals surface area contributed by atoms with Gasteiger partial charge in [0.1, 0.15) is 0 Å². The maximum Gasteiger partial charge on any atom is 0.0999 e. The van der Waals surface area contributed by atoms with Crippen LogP contribution < -0.4 is 0 Å². The molecule has 2 nitrogen and oxygen atoms in total. The van der Waals surface area contributed by atoms with Gasteiger partial charge in [-0.25, -0.2) is 0 Å². The molecule has 0 spiro atoms. The molecule has 0 fully saturated rings. The Morgan fingerprint density at radius 1 is 0.524 bits per heavy atom. The fraction of sp³-hybridized carbons (Fsp3) is 0.0750. The Kier molecular flexibility index (Phi) is 4.49. The Balaban J connectivity index is 1.44. The maximum atomic E-state index is 10.6. The molecular weight excluding hydrogens is 508 g/mol. The highest BCUT2D eigenvalue weighted by molar-refractivity contribution is 6.27. The lowest BCUT2D eigenvalue weighted by Gasteiger charge is -2.22. The fourth-order valence-electron chi connectivity index (χ4n) is 7.68. The van der Waals surface area contributed by atoms with E-state index in [-0.39, 0.29) is 5.41 Å². The van der Waals surface area contributed by atoms with E-state index in [1.54, 1.807) is 0 Å². The molecule has 8 aromatic rings. The molecule has 0 saturated heterocycles. The van der Waals surface area contributed by atoms with Crippen molar-refractivity contribution in [1.29, 1.82) is 5.26 Å². The van der Waals surface area contributed by atoms with Crippen LogP contribution in [0.3, 0.4) is 0 Å². The van der Waals surface area contributed by atoms with Crippen molar-refractivity contribution in [2.24, 2.45) is 0 Å². The van der Waals surface area contributed by atoms with Crippen LogP contribution in [0.4, 0.5) is 0 Å². The summed E-state index contributed by atoms with van der Waals surface area (Å²) in [6.07, 6.45) is 0. The van der Waals surface area contributed by atoms with Gasteiger partial charge in [0.2, 0.25) is 0 Å². The molecule has 0 radical (unpaired) electrons.